The van der Waals surface area contributed by atoms with Gasteiger partial charge in [-0.15, -0.1) is 11.6 Å². The van der Waals surface area contributed by atoms with Crippen molar-refractivity contribution in [3.63, 3.8) is 0 Å². The third-order valence-corrected chi connectivity index (χ3v) is 4.12. The molecule has 0 saturated carbocycles. The SMILES string of the molecule is O=C(CCl)N[C@@H]1C[C@@H](c2ccccc2)c2ccccc21. The molecular weight excluding hydrogens is 270 g/mol. The van der Waals surface area contributed by atoms with Crippen molar-refractivity contribution < 1.29 is 4.79 Å². The van der Waals surface area contributed by atoms with Crippen molar-refractivity contribution >= 4 is 17.5 Å². The number of benzene rings is 2. The zero-order chi connectivity index (χ0) is 13.9. The molecule has 0 spiro atoms. The van der Waals surface area contributed by atoms with Gasteiger partial charge in [-0.2, -0.15) is 0 Å². The molecule has 2 aromatic rings. The Morgan fingerprint density at radius 2 is 1.70 bits per heavy atom. The minimum absolute atomic E-state index is 0.00860. The lowest BCUT2D eigenvalue weighted by Gasteiger charge is -2.14. The number of carbonyl (C=O) groups is 1. The molecule has 3 rings (SSSR count). The van der Waals surface area contributed by atoms with Crippen molar-refractivity contribution in [2.75, 3.05) is 5.88 Å². The van der Waals surface area contributed by atoms with Crippen LogP contribution in [-0.4, -0.2) is 11.8 Å². The number of hydrogen-bond acceptors (Lipinski definition) is 1. The average molecular weight is 286 g/mol. The molecule has 0 fully saturated rings. The lowest BCUT2D eigenvalue weighted by atomic mass is 9.93. The Morgan fingerprint density at radius 1 is 1.05 bits per heavy atom. The molecule has 2 atom stereocenters. The molecule has 20 heavy (non-hydrogen) atoms. The Labute approximate surface area is 123 Å². The van der Waals surface area contributed by atoms with Crippen LogP contribution >= 0.6 is 11.6 Å². The standard InChI is InChI=1S/C17H16ClNO/c18-11-17(20)19-16-10-15(12-6-2-1-3-7-12)13-8-4-5-9-14(13)16/h1-9,15-16H,10-11H2,(H,19,20)/t15-,16+/m0/s1. The highest BCUT2D eigenvalue weighted by Gasteiger charge is 2.32. The van der Waals surface area contributed by atoms with Crippen molar-refractivity contribution in [1.29, 1.82) is 0 Å². The first-order valence-corrected chi connectivity index (χ1v) is 7.32. The fourth-order valence-corrected chi connectivity index (χ4v) is 3.08. The monoisotopic (exact) mass is 285 g/mol. The first kappa shape index (κ1) is 13.2. The Kier molecular flexibility index (Phi) is 3.75. The lowest BCUT2D eigenvalue weighted by molar-refractivity contribution is -0.119. The summed E-state index contributed by atoms with van der Waals surface area (Å²) >= 11 is 5.60. The van der Waals surface area contributed by atoms with Crippen LogP contribution in [0.3, 0.4) is 0 Å². The van der Waals surface area contributed by atoms with Crippen LogP contribution in [0, 0.1) is 0 Å². The van der Waals surface area contributed by atoms with Crippen LogP contribution in [0.1, 0.15) is 35.1 Å². The summed E-state index contributed by atoms with van der Waals surface area (Å²) in [5.74, 6) is 0.238. The highest BCUT2D eigenvalue weighted by Crippen LogP contribution is 2.43. The molecule has 2 nitrogen and oxygen atoms in total. The van der Waals surface area contributed by atoms with Gasteiger partial charge in [0.15, 0.2) is 0 Å². The van der Waals surface area contributed by atoms with E-state index in [4.69, 9.17) is 11.6 Å². The van der Waals surface area contributed by atoms with Crippen LogP contribution in [0.5, 0.6) is 0 Å². The van der Waals surface area contributed by atoms with Crippen LogP contribution in [0.4, 0.5) is 0 Å². The summed E-state index contributed by atoms with van der Waals surface area (Å²) in [4.78, 5) is 11.6. The molecule has 1 N–H and O–H groups in total. The predicted molar refractivity (Wildman–Crippen MR) is 80.9 cm³/mol. The number of fused-ring (bicyclic) bond motifs is 1. The molecule has 0 aliphatic heterocycles. The summed E-state index contributed by atoms with van der Waals surface area (Å²) in [5.41, 5.74) is 3.81. The fourth-order valence-electron chi connectivity index (χ4n) is 3.01. The smallest absolute Gasteiger partial charge is 0.235 e. The number of halogens is 1. The second-order valence-corrected chi connectivity index (χ2v) is 5.35. The van der Waals surface area contributed by atoms with Gasteiger partial charge in [0, 0.05) is 5.92 Å². The third-order valence-electron chi connectivity index (χ3n) is 3.88. The van der Waals surface area contributed by atoms with Gasteiger partial charge in [-0.05, 0) is 23.1 Å². The third kappa shape index (κ3) is 2.44. The molecule has 0 radical (unpaired) electrons. The molecule has 3 heteroatoms. The van der Waals surface area contributed by atoms with Crippen molar-refractivity contribution in [1.82, 2.24) is 5.32 Å². The second-order valence-electron chi connectivity index (χ2n) is 5.08. The number of rotatable bonds is 3. The van der Waals surface area contributed by atoms with Crippen molar-refractivity contribution in [3.8, 4) is 0 Å². The first-order valence-electron chi connectivity index (χ1n) is 6.78. The van der Waals surface area contributed by atoms with Crippen LogP contribution in [0.15, 0.2) is 54.6 Å². The zero-order valence-electron chi connectivity index (χ0n) is 11.1. The molecule has 0 bridgehead atoms. The first-order chi connectivity index (χ1) is 9.79. The average Bonchev–Trinajstić information content (AvgIpc) is 2.87. The summed E-state index contributed by atoms with van der Waals surface area (Å²) in [6.45, 7) is 0. The zero-order valence-corrected chi connectivity index (χ0v) is 11.8. The highest BCUT2D eigenvalue weighted by atomic mass is 35.5. The van der Waals surface area contributed by atoms with Gasteiger partial charge in [0.1, 0.15) is 5.88 Å². The molecule has 0 aromatic heterocycles. The molecule has 102 valence electrons. The van der Waals surface area contributed by atoms with Gasteiger partial charge in [0.2, 0.25) is 5.91 Å². The Balaban J connectivity index is 1.94. The number of alkyl halides is 1. The Hall–Kier alpha value is -1.80. The molecule has 0 heterocycles. The number of nitrogens with one attached hydrogen (secondary N) is 1. The minimum Gasteiger partial charge on any atom is -0.348 e. The van der Waals surface area contributed by atoms with Crippen LogP contribution in [0.2, 0.25) is 0 Å². The van der Waals surface area contributed by atoms with E-state index in [2.05, 4.69) is 47.8 Å². The molecule has 0 saturated heterocycles. The van der Waals surface area contributed by atoms with Gasteiger partial charge < -0.3 is 5.32 Å². The van der Waals surface area contributed by atoms with E-state index in [1.165, 1.54) is 16.7 Å². The summed E-state index contributed by atoms with van der Waals surface area (Å²) in [6.07, 6.45) is 0.895. The Bertz CT molecular complexity index is 611. The molecule has 1 amide bonds. The fraction of sp³-hybridized carbons (Fsp3) is 0.235. The van der Waals surface area contributed by atoms with E-state index in [0.29, 0.717) is 5.92 Å². The maximum atomic E-state index is 11.6. The molecular formula is C17H16ClNO. The van der Waals surface area contributed by atoms with E-state index in [-0.39, 0.29) is 17.8 Å². The van der Waals surface area contributed by atoms with E-state index >= 15 is 0 Å². The van der Waals surface area contributed by atoms with Gasteiger partial charge in [-0.25, -0.2) is 0 Å². The van der Waals surface area contributed by atoms with Crippen molar-refractivity contribution in [2.45, 2.75) is 18.4 Å². The number of amides is 1. The maximum Gasteiger partial charge on any atom is 0.235 e. The largest absolute Gasteiger partial charge is 0.348 e. The highest BCUT2D eigenvalue weighted by molar-refractivity contribution is 6.27. The molecule has 1 aliphatic rings. The van der Waals surface area contributed by atoms with Gasteiger partial charge in [-0.3, -0.25) is 4.79 Å². The summed E-state index contributed by atoms with van der Waals surface area (Å²) in [5, 5.41) is 3.01. The second kappa shape index (κ2) is 5.68. The van der Waals surface area contributed by atoms with Gasteiger partial charge >= 0.3 is 0 Å². The van der Waals surface area contributed by atoms with Crippen LogP contribution in [0.25, 0.3) is 0 Å². The van der Waals surface area contributed by atoms with E-state index in [9.17, 15) is 4.79 Å². The van der Waals surface area contributed by atoms with Gasteiger partial charge in [0.25, 0.3) is 0 Å². The van der Waals surface area contributed by atoms with E-state index < -0.39 is 0 Å². The van der Waals surface area contributed by atoms with Crippen molar-refractivity contribution in [2.24, 2.45) is 0 Å². The quantitative estimate of drug-likeness (QED) is 0.858. The maximum absolute atomic E-state index is 11.6. The van der Waals surface area contributed by atoms with Crippen LogP contribution < -0.4 is 5.32 Å². The Morgan fingerprint density at radius 3 is 2.40 bits per heavy atom. The van der Waals surface area contributed by atoms with E-state index in [0.717, 1.165) is 6.42 Å². The number of carbonyl (C=O) groups excluding carboxylic acids is 1. The van der Waals surface area contributed by atoms with Gasteiger partial charge in [0.05, 0.1) is 6.04 Å². The summed E-state index contributed by atoms with van der Waals surface area (Å²) in [6, 6.07) is 18.8. The van der Waals surface area contributed by atoms with Crippen LogP contribution in [-0.2, 0) is 4.79 Å². The summed E-state index contributed by atoms with van der Waals surface area (Å²) in [7, 11) is 0. The van der Waals surface area contributed by atoms with E-state index in [1.54, 1.807) is 0 Å². The number of hydrogen-bond donors (Lipinski definition) is 1. The van der Waals surface area contributed by atoms with Gasteiger partial charge in [-0.1, -0.05) is 54.6 Å². The molecule has 0 unspecified atom stereocenters. The molecule has 2 aromatic carbocycles. The predicted octanol–water partition coefficient (Wildman–Crippen LogP) is 3.62. The topological polar surface area (TPSA) is 29.1 Å². The van der Waals surface area contributed by atoms with Crippen molar-refractivity contribution in [3.05, 3.63) is 71.3 Å². The minimum atomic E-state index is -0.111. The summed E-state index contributed by atoms with van der Waals surface area (Å²) < 4.78 is 0. The normalized spacial score (nSPS) is 20.4. The van der Waals surface area contributed by atoms with E-state index in [1.807, 2.05) is 12.1 Å². The lowest BCUT2D eigenvalue weighted by Crippen LogP contribution is -2.28. The molecule has 1 aliphatic carbocycles.